The standard InChI is InChI=1S/C13H17N3O/c14-9-13(6-1-2-7-13)12-15-8-10-4-3-5-11(17)16(10)12/h3-5,8,17H,1-2,6-7,9,14H2. The number of rotatable bonds is 2. The molecule has 2 aromatic heterocycles. The zero-order chi connectivity index (χ0) is 11.9. The molecule has 4 nitrogen and oxygen atoms in total. The molecule has 1 aliphatic rings. The van der Waals surface area contributed by atoms with Crippen molar-refractivity contribution < 1.29 is 5.11 Å². The molecule has 3 rings (SSSR count). The number of hydrogen-bond acceptors (Lipinski definition) is 3. The van der Waals surface area contributed by atoms with Gasteiger partial charge in [0.1, 0.15) is 5.82 Å². The monoisotopic (exact) mass is 231 g/mol. The molecule has 2 aromatic rings. The molecule has 0 aromatic carbocycles. The summed E-state index contributed by atoms with van der Waals surface area (Å²) in [5.74, 6) is 1.17. The summed E-state index contributed by atoms with van der Waals surface area (Å²) in [6.45, 7) is 0.598. The van der Waals surface area contributed by atoms with Crippen LogP contribution in [0.5, 0.6) is 5.88 Å². The third kappa shape index (κ3) is 1.44. The highest BCUT2D eigenvalue weighted by molar-refractivity contribution is 5.50. The van der Waals surface area contributed by atoms with E-state index in [4.69, 9.17) is 5.73 Å². The van der Waals surface area contributed by atoms with Gasteiger partial charge in [-0.15, -0.1) is 0 Å². The van der Waals surface area contributed by atoms with Crippen molar-refractivity contribution in [2.75, 3.05) is 6.54 Å². The molecule has 17 heavy (non-hydrogen) atoms. The molecule has 0 unspecified atom stereocenters. The van der Waals surface area contributed by atoms with E-state index in [0.717, 1.165) is 24.2 Å². The second-order valence-corrected chi connectivity index (χ2v) is 4.92. The quantitative estimate of drug-likeness (QED) is 0.828. The highest BCUT2D eigenvalue weighted by atomic mass is 16.3. The summed E-state index contributed by atoms with van der Waals surface area (Å²) >= 11 is 0. The van der Waals surface area contributed by atoms with Gasteiger partial charge in [0.2, 0.25) is 0 Å². The van der Waals surface area contributed by atoms with Crippen LogP contribution in [0.4, 0.5) is 0 Å². The van der Waals surface area contributed by atoms with Gasteiger partial charge in [0.05, 0.1) is 11.7 Å². The SMILES string of the molecule is NCC1(c2ncc3cccc(O)n23)CCCC1. The van der Waals surface area contributed by atoms with Gasteiger partial charge < -0.3 is 10.8 Å². The topological polar surface area (TPSA) is 63.5 Å². The Morgan fingerprint density at radius 2 is 2.12 bits per heavy atom. The predicted molar refractivity (Wildman–Crippen MR) is 66.1 cm³/mol. The molecule has 1 fully saturated rings. The Hall–Kier alpha value is -1.55. The summed E-state index contributed by atoms with van der Waals surface area (Å²) in [5.41, 5.74) is 6.85. The average Bonchev–Trinajstić information content (AvgIpc) is 2.96. The number of hydrogen-bond donors (Lipinski definition) is 2. The first kappa shape index (κ1) is 10.6. The summed E-state index contributed by atoms with van der Waals surface area (Å²) in [6, 6.07) is 5.48. The maximum absolute atomic E-state index is 9.99. The molecule has 4 heteroatoms. The Morgan fingerprint density at radius 3 is 2.82 bits per heavy atom. The van der Waals surface area contributed by atoms with Gasteiger partial charge in [0, 0.05) is 12.0 Å². The molecule has 0 spiro atoms. The molecule has 0 saturated heterocycles. The van der Waals surface area contributed by atoms with Crippen LogP contribution in [0.3, 0.4) is 0 Å². The van der Waals surface area contributed by atoms with Crippen LogP contribution in [0.2, 0.25) is 0 Å². The predicted octanol–water partition coefficient (Wildman–Crippen LogP) is 1.81. The first-order chi connectivity index (χ1) is 8.27. The van der Waals surface area contributed by atoms with E-state index in [1.165, 1.54) is 12.8 Å². The van der Waals surface area contributed by atoms with Crippen molar-refractivity contribution in [3.8, 4) is 5.88 Å². The van der Waals surface area contributed by atoms with Crippen LogP contribution >= 0.6 is 0 Å². The van der Waals surface area contributed by atoms with Crippen LogP contribution < -0.4 is 5.73 Å². The van der Waals surface area contributed by atoms with Gasteiger partial charge in [-0.25, -0.2) is 4.98 Å². The van der Waals surface area contributed by atoms with Gasteiger partial charge in [-0.3, -0.25) is 4.40 Å². The van der Waals surface area contributed by atoms with Crippen molar-refractivity contribution in [1.29, 1.82) is 0 Å². The lowest BCUT2D eigenvalue weighted by molar-refractivity contribution is 0.396. The molecule has 0 atom stereocenters. The minimum atomic E-state index is -0.0503. The van der Waals surface area contributed by atoms with Crippen molar-refractivity contribution >= 4 is 5.52 Å². The van der Waals surface area contributed by atoms with Crippen molar-refractivity contribution in [2.45, 2.75) is 31.1 Å². The number of nitrogens with two attached hydrogens (primary N) is 1. The van der Waals surface area contributed by atoms with Crippen LogP contribution in [0.1, 0.15) is 31.5 Å². The molecule has 0 radical (unpaired) electrons. The fraction of sp³-hybridized carbons (Fsp3) is 0.462. The molecule has 0 bridgehead atoms. The summed E-state index contributed by atoms with van der Waals surface area (Å²) < 4.78 is 1.83. The zero-order valence-electron chi connectivity index (χ0n) is 9.76. The lowest BCUT2D eigenvalue weighted by Crippen LogP contribution is -2.34. The number of pyridine rings is 1. The third-order valence-electron chi connectivity index (χ3n) is 3.96. The molecule has 1 aliphatic carbocycles. The molecule has 0 aliphatic heterocycles. The molecule has 3 N–H and O–H groups in total. The van der Waals surface area contributed by atoms with Crippen molar-refractivity contribution in [3.63, 3.8) is 0 Å². The number of fused-ring (bicyclic) bond motifs is 1. The van der Waals surface area contributed by atoms with E-state index in [-0.39, 0.29) is 11.3 Å². The highest BCUT2D eigenvalue weighted by Gasteiger charge is 2.38. The summed E-state index contributed by atoms with van der Waals surface area (Å²) in [6.07, 6.45) is 6.33. The first-order valence-corrected chi connectivity index (χ1v) is 6.13. The fourth-order valence-electron chi connectivity index (χ4n) is 2.98. The molecular formula is C13H17N3O. The summed E-state index contributed by atoms with van der Waals surface area (Å²) in [7, 11) is 0. The number of nitrogens with zero attached hydrogens (tertiary/aromatic N) is 2. The van der Waals surface area contributed by atoms with E-state index in [0.29, 0.717) is 6.54 Å². The lowest BCUT2D eigenvalue weighted by Gasteiger charge is -2.26. The van der Waals surface area contributed by atoms with E-state index in [1.54, 1.807) is 6.07 Å². The van der Waals surface area contributed by atoms with Crippen LogP contribution in [-0.2, 0) is 5.41 Å². The first-order valence-electron chi connectivity index (χ1n) is 6.13. The van der Waals surface area contributed by atoms with E-state index in [2.05, 4.69) is 4.98 Å². The molecule has 90 valence electrons. The van der Waals surface area contributed by atoms with Crippen LogP contribution in [0.25, 0.3) is 5.52 Å². The smallest absolute Gasteiger partial charge is 0.197 e. The summed E-state index contributed by atoms with van der Waals surface area (Å²) in [5, 5.41) is 9.99. The van der Waals surface area contributed by atoms with Crippen molar-refractivity contribution in [3.05, 3.63) is 30.2 Å². The summed E-state index contributed by atoms with van der Waals surface area (Å²) in [4.78, 5) is 4.50. The highest BCUT2D eigenvalue weighted by Crippen LogP contribution is 2.40. The van der Waals surface area contributed by atoms with Crippen LogP contribution in [0.15, 0.2) is 24.4 Å². The lowest BCUT2D eigenvalue weighted by atomic mass is 9.85. The molecule has 2 heterocycles. The third-order valence-corrected chi connectivity index (χ3v) is 3.96. The van der Waals surface area contributed by atoms with Gasteiger partial charge in [-0.2, -0.15) is 0 Å². The molecular weight excluding hydrogens is 214 g/mol. The number of imidazole rings is 1. The maximum atomic E-state index is 9.99. The Morgan fingerprint density at radius 1 is 1.35 bits per heavy atom. The Balaban J connectivity index is 2.23. The van der Waals surface area contributed by atoms with E-state index in [1.807, 2.05) is 22.7 Å². The van der Waals surface area contributed by atoms with Crippen LogP contribution in [-0.4, -0.2) is 21.0 Å². The molecule has 0 amide bonds. The number of aromatic nitrogens is 2. The number of aromatic hydroxyl groups is 1. The Kier molecular flexibility index (Phi) is 2.33. The molecule has 1 saturated carbocycles. The minimum absolute atomic E-state index is 0.0503. The average molecular weight is 231 g/mol. The van der Waals surface area contributed by atoms with E-state index < -0.39 is 0 Å². The van der Waals surface area contributed by atoms with Crippen LogP contribution in [0, 0.1) is 0 Å². The largest absolute Gasteiger partial charge is 0.494 e. The van der Waals surface area contributed by atoms with Gasteiger partial charge in [-0.05, 0) is 25.0 Å². The van der Waals surface area contributed by atoms with Gasteiger partial charge >= 0.3 is 0 Å². The van der Waals surface area contributed by atoms with Gasteiger partial charge in [0.15, 0.2) is 5.88 Å². The van der Waals surface area contributed by atoms with Crippen molar-refractivity contribution in [1.82, 2.24) is 9.38 Å². The minimum Gasteiger partial charge on any atom is -0.494 e. The van der Waals surface area contributed by atoms with Crippen molar-refractivity contribution in [2.24, 2.45) is 5.73 Å². The Bertz CT molecular complexity index is 541. The Labute approximate surface area is 100 Å². The van der Waals surface area contributed by atoms with E-state index >= 15 is 0 Å². The van der Waals surface area contributed by atoms with Gasteiger partial charge in [0.25, 0.3) is 0 Å². The van der Waals surface area contributed by atoms with E-state index in [9.17, 15) is 5.11 Å². The zero-order valence-corrected chi connectivity index (χ0v) is 9.76. The second kappa shape index (κ2) is 3.74. The normalized spacial score (nSPS) is 18.9. The van der Waals surface area contributed by atoms with Gasteiger partial charge in [-0.1, -0.05) is 18.9 Å². The maximum Gasteiger partial charge on any atom is 0.197 e. The second-order valence-electron chi connectivity index (χ2n) is 4.92. The fourth-order valence-corrected chi connectivity index (χ4v) is 2.98.